The number of benzene rings is 3. The number of imidazole rings is 1. The molecule has 5 rings (SSSR count). The molecule has 0 atom stereocenters. The van der Waals surface area contributed by atoms with Crippen LogP contribution in [0.4, 0.5) is 10.1 Å². The van der Waals surface area contributed by atoms with Gasteiger partial charge in [-0.1, -0.05) is 41.0 Å². The molecule has 0 aliphatic rings. The first-order valence-corrected chi connectivity index (χ1v) is 10.7. The summed E-state index contributed by atoms with van der Waals surface area (Å²) in [4.78, 5) is 21.1. The molecule has 2 heterocycles. The highest BCUT2D eigenvalue weighted by atomic mass is 35.5. The topological polar surface area (TPSA) is 85.8 Å². The molecule has 0 saturated carbocycles. The molecule has 34 heavy (non-hydrogen) atoms. The Kier molecular flexibility index (Phi) is 5.88. The van der Waals surface area contributed by atoms with Crippen LogP contribution in [0.5, 0.6) is 0 Å². The van der Waals surface area contributed by atoms with Crippen molar-refractivity contribution in [2.45, 2.75) is 6.54 Å². The first kappa shape index (κ1) is 21.5. The molecule has 0 aliphatic carbocycles. The summed E-state index contributed by atoms with van der Waals surface area (Å²) in [6.07, 6.45) is 3.47. The van der Waals surface area contributed by atoms with E-state index in [0.29, 0.717) is 39.9 Å². The van der Waals surface area contributed by atoms with E-state index in [-0.39, 0.29) is 17.6 Å². The Balaban J connectivity index is 1.24. The van der Waals surface area contributed by atoms with Crippen LogP contribution in [0.2, 0.25) is 5.02 Å². The lowest BCUT2D eigenvalue weighted by molar-refractivity contribution is 0.102. The molecule has 168 valence electrons. The van der Waals surface area contributed by atoms with E-state index < -0.39 is 0 Å². The molecule has 2 aromatic heterocycles. The maximum atomic E-state index is 13.1. The highest BCUT2D eigenvalue weighted by molar-refractivity contribution is 6.34. The van der Waals surface area contributed by atoms with Gasteiger partial charge in [0.2, 0.25) is 5.82 Å². The molecule has 9 heteroatoms. The lowest BCUT2D eigenvalue weighted by Gasteiger charge is -2.08. The summed E-state index contributed by atoms with van der Waals surface area (Å²) >= 11 is 6.09. The van der Waals surface area contributed by atoms with Crippen LogP contribution in [0, 0.1) is 5.82 Å². The lowest BCUT2D eigenvalue weighted by Crippen LogP contribution is -2.12. The van der Waals surface area contributed by atoms with Gasteiger partial charge in [-0.3, -0.25) is 4.79 Å². The quantitative estimate of drug-likeness (QED) is 0.342. The summed E-state index contributed by atoms with van der Waals surface area (Å²) in [7, 11) is 0. The predicted molar refractivity (Wildman–Crippen MR) is 126 cm³/mol. The van der Waals surface area contributed by atoms with Crippen molar-refractivity contribution in [3.8, 4) is 23.0 Å². The van der Waals surface area contributed by atoms with Crippen LogP contribution < -0.4 is 5.32 Å². The Bertz CT molecular complexity index is 1440. The number of nitrogens with one attached hydrogen (secondary N) is 1. The van der Waals surface area contributed by atoms with E-state index in [9.17, 15) is 9.18 Å². The van der Waals surface area contributed by atoms with E-state index in [1.165, 1.54) is 12.1 Å². The normalized spacial score (nSPS) is 10.9. The highest BCUT2D eigenvalue weighted by Crippen LogP contribution is 2.22. The Morgan fingerprint density at radius 3 is 2.56 bits per heavy atom. The largest absolute Gasteiger partial charge is 0.332 e. The van der Waals surface area contributed by atoms with Gasteiger partial charge in [0.1, 0.15) is 11.5 Å². The summed E-state index contributed by atoms with van der Waals surface area (Å²) in [6.45, 7) is 0.560. The first-order valence-electron chi connectivity index (χ1n) is 10.3. The van der Waals surface area contributed by atoms with Crippen molar-refractivity contribution in [1.29, 1.82) is 0 Å². The molecule has 3 aromatic carbocycles. The van der Waals surface area contributed by atoms with Crippen LogP contribution in [0.3, 0.4) is 0 Å². The summed E-state index contributed by atoms with van der Waals surface area (Å²) in [5.74, 6) is 0.0362. The van der Waals surface area contributed by atoms with E-state index in [4.69, 9.17) is 16.1 Å². The van der Waals surface area contributed by atoms with Gasteiger partial charge in [0, 0.05) is 24.0 Å². The molecule has 5 aromatic rings. The van der Waals surface area contributed by atoms with Crippen molar-refractivity contribution in [3.05, 3.63) is 107 Å². The standard InChI is InChI=1S/C25H17ClFN5O2/c26-21-4-2-1-3-20(21)24(33)29-19-11-5-16(6-12-19)13-32-14-22(28-15-32)25-30-23(31-34-25)17-7-9-18(27)10-8-17/h1-12,14-15H,13H2,(H,29,33). The monoisotopic (exact) mass is 473 g/mol. The van der Waals surface area contributed by atoms with Gasteiger partial charge in [0.25, 0.3) is 11.8 Å². The van der Waals surface area contributed by atoms with Crippen molar-refractivity contribution in [2.24, 2.45) is 0 Å². The van der Waals surface area contributed by atoms with Gasteiger partial charge in [-0.05, 0) is 54.1 Å². The van der Waals surface area contributed by atoms with E-state index in [1.807, 2.05) is 28.8 Å². The molecule has 1 N–H and O–H groups in total. The highest BCUT2D eigenvalue weighted by Gasteiger charge is 2.14. The van der Waals surface area contributed by atoms with Gasteiger partial charge < -0.3 is 14.4 Å². The third-order valence-corrected chi connectivity index (χ3v) is 5.41. The SMILES string of the molecule is O=C(Nc1ccc(Cn2cnc(-c3nc(-c4ccc(F)cc4)no3)c2)cc1)c1ccccc1Cl. The zero-order valence-corrected chi connectivity index (χ0v) is 18.4. The number of hydrogen-bond donors (Lipinski definition) is 1. The second-order valence-corrected chi connectivity index (χ2v) is 7.90. The Hall–Kier alpha value is -4.30. The van der Waals surface area contributed by atoms with Gasteiger partial charge in [-0.15, -0.1) is 0 Å². The van der Waals surface area contributed by atoms with Crippen LogP contribution in [0.15, 0.2) is 89.8 Å². The zero-order chi connectivity index (χ0) is 23.5. The molecule has 0 spiro atoms. The molecular formula is C25H17ClFN5O2. The number of carbonyl (C=O) groups excluding carboxylic acids is 1. The fraction of sp³-hybridized carbons (Fsp3) is 0.0400. The van der Waals surface area contributed by atoms with Crippen molar-refractivity contribution >= 4 is 23.2 Å². The average Bonchev–Trinajstić information content (AvgIpc) is 3.51. The summed E-state index contributed by atoms with van der Waals surface area (Å²) in [6, 6.07) is 20.2. The van der Waals surface area contributed by atoms with E-state index in [2.05, 4.69) is 20.4 Å². The molecule has 7 nitrogen and oxygen atoms in total. The summed E-state index contributed by atoms with van der Waals surface area (Å²) in [5.41, 5.74) is 3.28. The van der Waals surface area contributed by atoms with Gasteiger partial charge in [0.15, 0.2) is 0 Å². The van der Waals surface area contributed by atoms with Gasteiger partial charge in [0.05, 0.1) is 16.9 Å². The Morgan fingerprint density at radius 2 is 1.79 bits per heavy atom. The maximum absolute atomic E-state index is 13.1. The number of halogens is 2. The second-order valence-electron chi connectivity index (χ2n) is 7.49. The second kappa shape index (κ2) is 9.29. The molecule has 0 aliphatic heterocycles. The van der Waals surface area contributed by atoms with E-state index in [1.54, 1.807) is 48.9 Å². The summed E-state index contributed by atoms with van der Waals surface area (Å²) < 4.78 is 20.3. The van der Waals surface area contributed by atoms with Crippen molar-refractivity contribution in [2.75, 3.05) is 5.32 Å². The number of nitrogens with zero attached hydrogens (tertiary/aromatic N) is 4. The average molecular weight is 474 g/mol. The number of hydrogen-bond acceptors (Lipinski definition) is 5. The molecule has 0 saturated heterocycles. The molecule has 0 bridgehead atoms. The smallest absolute Gasteiger partial charge is 0.278 e. The van der Waals surface area contributed by atoms with Crippen LogP contribution in [-0.2, 0) is 6.54 Å². The molecule has 0 fully saturated rings. The van der Waals surface area contributed by atoms with E-state index >= 15 is 0 Å². The van der Waals surface area contributed by atoms with Gasteiger partial charge in [-0.25, -0.2) is 9.37 Å². The molecular weight excluding hydrogens is 457 g/mol. The van der Waals surface area contributed by atoms with Gasteiger partial charge >= 0.3 is 0 Å². The summed E-state index contributed by atoms with van der Waals surface area (Å²) in [5, 5.41) is 7.19. The fourth-order valence-electron chi connectivity index (χ4n) is 3.35. The Morgan fingerprint density at radius 1 is 1.03 bits per heavy atom. The molecule has 1 amide bonds. The third-order valence-electron chi connectivity index (χ3n) is 5.08. The number of amides is 1. The number of anilines is 1. The first-order chi connectivity index (χ1) is 16.5. The fourth-order valence-corrected chi connectivity index (χ4v) is 3.57. The van der Waals surface area contributed by atoms with Crippen LogP contribution >= 0.6 is 11.6 Å². The van der Waals surface area contributed by atoms with Crippen LogP contribution in [-0.4, -0.2) is 25.6 Å². The number of rotatable bonds is 6. The minimum absolute atomic E-state index is 0.267. The zero-order valence-electron chi connectivity index (χ0n) is 17.7. The maximum Gasteiger partial charge on any atom is 0.278 e. The molecule has 0 unspecified atom stereocenters. The van der Waals surface area contributed by atoms with Crippen molar-refractivity contribution in [3.63, 3.8) is 0 Å². The predicted octanol–water partition coefficient (Wildman–Crippen LogP) is 5.69. The minimum Gasteiger partial charge on any atom is -0.332 e. The van der Waals surface area contributed by atoms with Gasteiger partial charge in [-0.2, -0.15) is 4.98 Å². The van der Waals surface area contributed by atoms with Crippen molar-refractivity contribution < 1.29 is 13.7 Å². The lowest BCUT2D eigenvalue weighted by atomic mass is 10.2. The van der Waals surface area contributed by atoms with E-state index in [0.717, 1.165) is 5.56 Å². The number of carbonyl (C=O) groups is 1. The third kappa shape index (κ3) is 4.72. The Labute approximate surface area is 198 Å². The van der Waals surface area contributed by atoms with Crippen LogP contribution in [0.25, 0.3) is 23.0 Å². The minimum atomic E-state index is -0.331. The van der Waals surface area contributed by atoms with Crippen molar-refractivity contribution in [1.82, 2.24) is 19.7 Å². The number of aromatic nitrogens is 4. The van der Waals surface area contributed by atoms with Crippen LogP contribution in [0.1, 0.15) is 15.9 Å². The molecule has 0 radical (unpaired) electrons.